The lowest BCUT2D eigenvalue weighted by molar-refractivity contribution is 0.0580. The van der Waals surface area contributed by atoms with Gasteiger partial charge in [-0.15, -0.1) is 0 Å². The van der Waals surface area contributed by atoms with E-state index >= 15 is 0 Å². The molecule has 0 saturated carbocycles. The molecule has 1 heterocycles. The Morgan fingerprint density at radius 1 is 1.38 bits per heavy atom. The highest BCUT2D eigenvalue weighted by atomic mass is 79.9. The Morgan fingerprint density at radius 2 is 2.06 bits per heavy atom. The summed E-state index contributed by atoms with van der Waals surface area (Å²) in [6.07, 6.45) is 1.82. The van der Waals surface area contributed by atoms with Crippen molar-refractivity contribution in [3.8, 4) is 0 Å². The molecule has 2 rings (SSSR count). The first-order valence-electron chi connectivity index (χ1n) is 5.47. The average molecular weight is 288 g/mol. The number of hydrogen-bond donors (Lipinski definition) is 1. The molecule has 1 aliphatic heterocycles. The maximum absolute atomic E-state index is 13.8. The number of ether oxygens (including phenoxy) is 1. The average Bonchev–Trinajstić information content (AvgIpc) is 2.33. The number of rotatable bonds is 2. The maximum Gasteiger partial charge on any atom is 0.142 e. The van der Waals surface area contributed by atoms with E-state index < -0.39 is 0 Å². The summed E-state index contributed by atoms with van der Waals surface area (Å²) in [7, 11) is 0. The molecule has 88 valence electrons. The number of benzene rings is 1. The van der Waals surface area contributed by atoms with Crippen LogP contribution in [0.1, 0.15) is 24.4 Å². The Balaban J connectivity index is 2.19. The Hall–Kier alpha value is -0.450. The Morgan fingerprint density at radius 3 is 2.75 bits per heavy atom. The van der Waals surface area contributed by atoms with Gasteiger partial charge in [0.05, 0.1) is 4.47 Å². The molecule has 1 aromatic rings. The van der Waals surface area contributed by atoms with Crippen LogP contribution in [0.25, 0.3) is 0 Å². The lowest BCUT2D eigenvalue weighted by Gasteiger charge is -2.28. The van der Waals surface area contributed by atoms with Gasteiger partial charge in [0.25, 0.3) is 0 Å². The van der Waals surface area contributed by atoms with E-state index in [1.54, 1.807) is 12.1 Å². The lowest BCUT2D eigenvalue weighted by Crippen LogP contribution is -2.28. The molecule has 1 aliphatic rings. The Bertz CT molecular complexity index is 366. The van der Waals surface area contributed by atoms with Crippen molar-refractivity contribution in [3.05, 3.63) is 34.1 Å². The smallest absolute Gasteiger partial charge is 0.142 e. The Labute approximate surface area is 103 Å². The molecule has 0 spiro atoms. The maximum atomic E-state index is 13.8. The zero-order valence-electron chi connectivity index (χ0n) is 8.96. The third-order valence-corrected chi connectivity index (χ3v) is 3.73. The van der Waals surface area contributed by atoms with E-state index in [1.165, 1.54) is 0 Å². The number of nitrogens with two attached hydrogens (primary N) is 1. The van der Waals surface area contributed by atoms with Crippen LogP contribution in [0.5, 0.6) is 0 Å². The normalized spacial score (nSPS) is 19.7. The second kappa shape index (κ2) is 5.25. The molecule has 4 heteroatoms. The molecule has 2 N–H and O–H groups in total. The second-order valence-electron chi connectivity index (χ2n) is 4.12. The van der Waals surface area contributed by atoms with Gasteiger partial charge in [-0.25, -0.2) is 4.39 Å². The van der Waals surface area contributed by atoms with Gasteiger partial charge >= 0.3 is 0 Å². The van der Waals surface area contributed by atoms with E-state index in [-0.39, 0.29) is 11.9 Å². The minimum Gasteiger partial charge on any atom is -0.381 e. The van der Waals surface area contributed by atoms with Crippen LogP contribution in [0.4, 0.5) is 4.39 Å². The van der Waals surface area contributed by atoms with Gasteiger partial charge in [-0.05, 0) is 40.8 Å². The van der Waals surface area contributed by atoms with Crippen molar-refractivity contribution in [1.29, 1.82) is 0 Å². The molecule has 1 unspecified atom stereocenters. The largest absolute Gasteiger partial charge is 0.381 e. The Kier molecular flexibility index (Phi) is 3.95. The third-order valence-electron chi connectivity index (χ3n) is 3.11. The fourth-order valence-corrected chi connectivity index (χ4v) is 2.49. The fraction of sp³-hybridized carbons (Fsp3) is 0.500. The van der Waals surface area contributed by atoms with Gasteiger partial charge in [-0.3, -0.25) is 0 Å². The molecule has 1 fully saturated rings. The summed E-state index contributed by atoms with van der Waals surface area (Å²) >= 11 is 3.18. The standard InChI is InChI=1S/C12H15BrFNO/c13-10-3-1-2-9(11(10)14)12(15)8-4-6-16-7-5-8/h1-3,8,12H,4-7,15H2. The highest BCUT2D eigenvalue weighted by Gasteiger charge is 2.24. The quantitative estimate of drug-likeness (QED) is 0.908. The van der Waals surface area contributed by atoms with Gasteiger partial charge in [-0.1, -0.05) is 12.1 Å². The summed E-state index contributed by atoms with van der Waals surface area (Å²) < 4.78 is 19.6. The van der Waals surface area contributed by atoms with Gasteiger partial charge in [-0.2, -0.15) is 0 Å². The van der Waals surface area contributed by atoms with Crippen molar-refractivity contribution in [3.63, 3.8) is 0 Å². The van der Waals surface area contributed by atoms with Crippen LogP contribution >= 0.6 is 15.9 Å². The highest BCUT2D eigenvalue weighted by molar-refractivity contribution is 9.10. The fourth-order valence-electron chi connectivity index (χ4n) is 2.11. The number of halogens is 2. The van der Waals surface area contributed by atoms with Crippen molar-refractivity contribution in [2.45, 2.75) is 18.9 Å². The lowest BCUT2D eigenvalue weighted by atomic mass is 9.87. The third kappa shape index (κ3) is 2.44. The molecule has 0 aromatic heterocycles. The van der Waals surface area contributed by atoms with Crippen molar-refractivity contribution >= 4 is 15.9 Å². The van der Waals surface area contributed by atoms with Crippen LogP contribution < -0.4 is 5.73 Å². The summed E-state index contributed by atoms with van der Waals surface area (Å²) in [4.78, 5) is 0. The van der Waals surface area contributed by atoms with Gasteiger partial charge in [0.1, 0.15) is 5.82 Å². The molecule has 0 bridgehead atoms. The van der Waals surface area contributed by atoms with E-state index in [4.69, 9.17) is 10.5 Å². The van der Waals surface area contributed by atoms with E-state index in [0.29, 0.717) is 16.0 Å². The molecule has 16 heavy (non-hydrogen) atoms. The predicted molar refractivity (Wildman–Crippen MR) is 64.6 cm³/mol. The highest BCUT2D eigenvalue weighted by Crippen LogP contribution is 2.31. The summed E-state index contributed by atoms with van der Waals surface area (Å²) in [6, 6.07) is 5.04. The van der Waals surface area contributed by atoms with Crippen molar-refractivity contribution in [2.24, 2.45) is 11.7 Å². The first-order valence-corrected chi connectivity index (χ1v) is 6.26. The summed E-state index contributed by atoms with van der Waals surface area (Å²) in [5, 5.41) is 0. The summed E-state index contributed by atoms with van der Waals surface area (Å²) in [6.45, 7) is 1.46. The van der Waals surface area contributed by atoms with Gasteiger partial charge in [0, 0.05) is 24.8 Å². The number of hydrogen-bond acceptors (Lipinski definition) is 2. The zero-order valence-corrected chi connectivity index (χ0v) is 10.5. The van der Waals surface area contributed by atoms with Crippen molar-refractivity contribution in [2.75, 3.05) is 13.2 Å². The minimum absolute atomic E-state index is 0.235. The van der Waals surface area contributed by atoms with Crippen LogP contribution in [0.15, 0.2) is 22.7 Å². The monoisotopic (exact) mass is 287 g/mol. The molecular weight excluding hydrogens is 273 g/mol. The molecule has 1 atom stereocenters. The zero-order chi connectivity index (χ0) is 11.5. The molecular formula is C12H15BrFNO. The van der Waals surface area contributed by atoms with Crippen LogP contribution in [-0.4, -0.2) is 13.2 Å². The van der Waals surface area contributed by atoms with E-state index in [9.17, 15) is 4.39 Å². The second-order valence-corrected chi connectivity index (χ2v) is 4.97. The van der Waals surface area contributed by atoms with Crippen molar-refractivity contribution < 1.29 is 9.13 Å². The van der Waals surface area contributed by atoms with Gasteiger partial charge in [0.2, 0.25) is 0 Å². The SMILES string of the molecule is NC(c1cccc(Br)c1F)C1CCOCC1. The van der Waals surface area contributed by atoms with Crippen LogP contribution in [0.2, 0.25) is 0 Å². The van der Waals surface area contributed by atoms with Crippen molar-refractivity contribution in [1.82, 2.24) is 0 Å². The summed E-state index contributed by atoms with van der Waals surface area (Å²) in [5.74, 6) is 0.0824. The first-order chi connectivity index (χ1) is 7.70. The topological polar surface area (TPSA) is 35.2 Å². The van der Waals surface area contributed by atoms with E-state index in [2.05, 4.69) is 15.9 Å². The minimum atomic E-state index is -0.235. The van der Waals surface area contributed by atoms with Gasteiger partial charge < -0.3 is 10.5 Å². The molecule has 0 amide bonds. The van der Waals surface area contributed by atoms with Crippen LogP contribution in [0, 0.1) is 11.7 Å². The molecule has 2 nitrogen and oxygen atoms in total. The molecule has 1 saturated heterocycles. The van der Waals surface area contributed by atoms with Crippen LogP contribution in [-0.2, 0) is 4.74 Å². The first kappa shape index (κ1) is 12.0. The van der Waals surface area contributed by atoms with E-state index in [0.717, 1.165) is 26.1 Å². The molecule has 0 radical (unpaired) electrons. The predicted octanol–water partition coefficient (Wildman–Crippen LogP) is 3.01. The molecule has 0 aliphatic carbocycles. The summed E-state index contributed by atoms with van der Waals surface area (Å²) in [5.41, 5.74) is 6.72. The molecule has 1 aromatic carbocycles. The van der Waals surface area contributed by atoms with E-state index in [1.807, 2.05) is 6.07 Å². The van der Waals surface area contributed by atoms with Crippen LogP contribution in [0.3, 0.4) is 0 Å². The van der Waals surface area contributed by atoms with Gasteiger partial charge in [0.15, 0.2) is 0 Å².